The molecule has 0 fully saturated rings. The van der Waals surface area contributed by atoms with Gasteiger partial charge in [-0.3, -0.25) is 0 Å². The zero-order valence-electron chi connectivity index (χ0n) is 4.65. The van der Waals surface area contributed by atoms with Crippen LogP contribution in [0.25, 0.3) is 0 Å². The minimum Gasteiger partial charge on any atom is -0.391 e. The van der Waals surface area contributed by atoms with Gasteiger partial charge in [0.1, 0.15) is 0 Å². The SMILES string of the molecule is CC(C)(C)O.[Sr]. The van der Waals surface area contributed by atoms with E-state index in [1.807, 2.05) is 0 Å². The van der Waals surface area contributed by atoms with Gasteiger partial charge < -0.3 is 5.11 Å². The molecule has 0 aromatic rings. The molecule has 0 aromatic carbocycles. The van der Waals surface area contributed by atoms with Crippen LogP contribution < -0.4 is 0 Å². The van der Waals surface area contributed by atoms with Gasteiger partial charge in [-0.05, 0) is 20.8 Å². The second kappa shape index (κ2) is 3.44. The van der Waals surface area contributed by atoms with Gasteiger partial charge >= 0.3 is 0 Å². The first-order valence-electron chi connectivity index (χ1n) is 1.72. The summed E-state index contributed by atoms with van der Waals surface area (Å²) in [6.45, 7) is 5.23. The summed E-state index contributed by atoms with van der Waals surface area (Å²) in [7, 11) is 0. The molecule has 0 amide bonds. The van der Waals surface area contributed by atoms with E-state index in [-0.39, 0.29) is 45.5 Å². The molecule has 0 aliphatic heterocycles. The van der Waals surface area contributed by atoms with Crippen LogP contribution in [0.1, 0.15) is 20.8 Å². The minimum absolute atomic E-state index is 0. The third-order valence-corrected chi connectivity index (χ3v) is 0. The molecule has 2 radical (unpaired) electrons. The predicted molar refractivity (Wildman–Crippen MR) is 27.7 cm³/mol. The molecular formula is C4H10OSr. The Morgan fingerprint density at radius 1 is 1.17 bits per heavy atom. The van der Waals surface area contributed by atoms with Crippen molar-refractivity contribution >= 4 is 45.5 Å². The van der Waals surface area contributed by atoms with Crippen molar-refractivity contribution in [1.82, 2.24) is 0 Å². The van der Waals surface area contributed by atoms with Crippen LogP contribution in [-0.2, 0) is 0 Å². The molecule has 0 rings (SSSR count). The molecular weight excluding hydrogens is 152 g/mol. The average Bonchev–Trinajstić information content (AvgIpc) is 0.722. The van der Waals surface area contributed by atoms with Gasteiger partial charge in [0.15, 0.2) is 0 Å². The van der Waals surface area contributed by atoms with Crippen molar-refractivity contribution in [2.75, 3.05) is 0 Å². The van der Waals surface area contributed by atoms with Crippen LogP contribution >= 0.6 is 0 Å². The molecule has 0 unspecified atom stereocenters. The summed E-state index contributed by atoms with van der Waals surface area (Å²) in [6.07, 6.45) is 0. The molecule has 1 N–H and O–H groups in total. The maximum absolute atomic E-state index is 8.52. The fourth-order valence-corrected chi connectivity index (χ4v) is 0. The third-order valence-electron chi connectivity index (χ3n) is 0. The molecule has 0 atom stereocenters. The van der Waals surface area contributed by atoms with Crippen molar-refractivity contribution < 1.29 is 5.11 Å². The van der Waals surface area contributed by atoms with E-state index in [0.717, 1.165) is 0 Å². The van der Waals surface area contributed by atoms with Crippen LogP contribution in [0.2, 0.25) is 0 Å². The maximum Gasteiger partial charge on any atom is 0.0563 e. The molecule has 6 heavy (non-hydrogen) atoms. The fraction of sp³-hybridized carbons (Fsp3) is 1.00. The van der Waals surface area contributed by atoms with Gasteiger partial charge in [0.05, 0.1) is 5.60 Å². The molecule has 0 bridgehead atoms. The number of aliphatic hydroxyl groups is 1. The van der Waals surface area contributed by atoms with Crippen molar-refractivity contribution in [3.05, 3.63) is 0 Å². The quantitative estimate of drug-likeness (QED) is 0.510. The Balaban J connectivity index is 0. The van der Waals surface area contributed by atoms with Crippen LogP contribution in [0.4, 0.5) is 0 Å². The van der Waals surface area contributed by atoms with E-state index in [2.05, 4.69) is 0 Å². The molecule has 0 heterocycles. The van der Waals surface area contributed by atoms with Crippen LogP contribution in [0.3, 0.4) is 0 Å². The van der Waals surface area contributed by atoms with Gasteiger partial charge in [-0.2, -0.15) is 0 Å². The zero-order valence-corrected chi connectivity index (χ0v) is 8.13. The molecule has 1 nitrogen and oxygen atoms in total. The van der Waals surface area contributed by atoms with Crippen LogP contribution in [0.15, 0.2) is 0 Å². The molecule has 34 valence electrons. The summed E-state index contributed by atoms with van der Waals surface area (Å²) in [6, 6.07) is 0. The number of hydrogen-bond acceptors (Lipinski definition) is 1. The Labute approximate surface area is 76.0 Å². The Morgan fingerprint density at radius 2 is 1.17 bits per heavy atom. The third kappa shape index (κ3) is 51.7. The Hall–Kier alpha value is 1.44. The summed E-state index contributed by atoms with van der Waals surface area (Å²) in [5.74, 6) is 0. The Bertz CT molecular complexity index is 23.0. The molecule has 0 saturated heterocycles. The summed E-state index contributed by atoms with van der Waals surface area (Å²) in [4.78, 5) is 0. The second-order valence-corrected chi connectivity index (χ2v) is 2.17. The van der Waals surface area contributed by atoms with Gasteiger partial charge in [-0.15, -0.1) is 0 Å². The summed E-state index contributed by atoms with van der Waals surface area (Å²) in [5.41, 5.74) is -0.500. The zero-order chi connectivity index (χ0) is 4.50. The van der Waals surface area contributed by atoms with Gasteiger partial charge in [0.25, 0.3) is 0 Å². The predicted octanol–water partition coefficient (Wildman–Crippen LogP) is 0.396. The number of rotatable bonds is 0. The summed E-state index contributed by atoms with van der Waals surface area (Å²) < 4.78 is 0. The van der Waals surface area contributed by atoms with Crippen molar-refractivity contribution in [3.63, 3.8) is 0 Å². The van der Waals surface area contributed by atoms with Gasteiger partial charge in [0.2, 0.25) is 0 Å². The monoisotopic (exact) mass is 162 g/mol. The Kier molecular flexibility index (Phi) is 5.98. The molecule has 2 heteroatoms. The van der Waals surface area contributed by atoms with Crippen molar-refractivity contribution in [2.24, 2.45) is 0 Å². The second-order valence-electron chi connectivity index (χ2n) is 2.17. The normalized spacial score (nSPS) is 10.0. The maximum atomic E-state index is 8.52. The largest absolute Gasteiger partial charge is 0.391 e. The molecule has 0 aliphatic rings. The van der Waals surface area contributed by atoms with Crippen molar-refractivity contribution in [2.45, 2.75) is 26.4 Å². The van der Waals surface area contributed by atoms with E-state index in [4.69, 9.17) is 5.11 Å². The van der Waals surface area contributed by atoms with E-state index in [1.54, 1.807) is 20.8 Å². The molecule has 0 aliphatic carbocycles. The molecule has 0 aromatic heterocycles. The van der Waals surface area contributed by atoms with E-state index < -0.39 is 5.60 Å². The fourth-order valence-electron chi connectivity index (χ4n) is 0. The van der Waals surface area contributed by atoms with Crippen LogP contribution in [0.5, 0.6) is 0 Å². The standard InChI is InChI=1S/C4H10O.Sr/c1-4(2,3)5;/h5H,1-3H3;. The first kappa shape index (κ1) is 10.4. The van der Waals surface area contributed by atoms with Crippen LogP contribution in [0, 0.1) is 0 Å². The average molecular weight is 162 g/mol. The van der Waals surface area contributed by atoms with Gasteiger partial charge in [-0.1, -0.05) is 0 Å². The van der Waals surface area contributed by atoms with E-state index in [0.29, 0.717) is 0 Å². The van der Waals surface area contributed by atoms with E-state index in [9.17, 15) is 0 Å². The first-order chi connectivity index (χ1) is 2.00. The summed E-state index contributed by atoms with van der Waals surface area (Å²) in [5, 5.41) is 8.52. The van der Waals surface area contributed by atoms with Crippen molar-refractivity contribution in [3.8, 4) is 0 Å². The Morgan fingerprint density at radius 3 is 1.17 bits per heavy atom. The topological polar surface area (TPSA) is 20.2 Å². The van der Waals surface area contributed by atoms with Crippen LogP contribution in [-0.4, -0.2) is 56.2 Å². The van der Waals surface area contributed by atoms with Gasteiger partial charge in [0, 0.05) is 45.5 Å². The molecule has 0 spiro atoms. The smallest absolute Gasteiger partial charge is 0.0563 e. The van der Waals surface area contributed by atoms with Crippen molar-refractivity contribution in [1.29, 1.82) is 0 Å². The molecule has 0 saturated carbocycles. The van der Waals surface area contributed by atoms with E-state index >= 15 is 0 Å². The number of hydrogen-bond donors (Lipinski definition) is 1. The first-order valence-corrected chi connectivity index (χ1v) is 1.72. The van der Waals surface area contributed by atoms with E-state index in [1.165, 1.54) is 0 Å². The summed E-state index contributed by atoms with van der Waals surface area (Å²) >= 11 is 0. The van der Waals surface area contributed by atoms with Gasteiger partial charge in [-0.25, -0.2) is 0 Å². The minimum atomic E-state index is -0.500.